The number of imidazole rings is 1. The molecule has 0 bridgehead atoms. The van der Waals surface area contributed by atoms with E-state index in [1.165, 1.54) is 6.20 Å². The van der Waals surface area contributed by atoms with E-state index in [1.807, 2.05) is 0 Å². The highest BCUT2D eigenvalue weighted by Gasteiger charge is 2.49. The number of alkyl halides is 4. The molecule has 0 atom stereocenters. The van der Waals surface area contributed by atoms with Gasteiger partial charge in [0.15, 0.2) is 0 Å². The largest absolute Gasteiger partial charge is 1.00 e. The fourth-order valence-electron chi connectivity index (χ4n) is 1.18. The van der Waals surface area contributed by atoms with Gasteiger partial charge in [-0.3, -0.25) is 0 Å². The first kappa shape index (κ1) is 14.7. The van der Waals surface area contributed by atoms with Gasteiger partial charge >= 0.3 is 12.5 Å². The predicted octanol–water partition coefficient (Wildman–Crippen LogP) is -0.927. The number of halogens is 5. The molecule has 0 radical (unpaired) electrons. The number of aromatic amines is 1. The predicted molar refractivity (Wildman–Crippen MR) is 41.2 cm³/mol. The number of aryl methyl sites for hydroxylation is 1. The van der Waals surface area contributed by atoms with Gasteiger partial charge in [-0.15, -0.1) is 0 Å². The zero-order valence-corrected chi connectivity index (χ0v) is 10.1. The molecule has 7 heteroatoms. The molecule has 0 unspecified atom stereocenters. The first-order valence-electron chi connectivity index (χ1n) is 4.24. The lowest BCUT2D eigenvalue weighted by Gasteiger charge is -2.12. The number of aromatic nitrogens is 2. The molecule has 0 fully saturated rings. The minimum absolute atomic E-state index is 0. The average Bonchev–Trinajstić information content (AvgIpc) is 2.53. The summed E-state index contributed by atoms with van der Waals surface area (Å²) in [5.74, 6) is 0.109. The number of hydrogen-bond donors (Lipinski definition) is 1. The Morgan fingerprint density at radius 1 is 1.47 bits per heavy atom. The molecule has 1 aromatic heterocycles. The number of nitrogens with one attached hydrogen (secondary N) is 1. The molecule has 0 aliphatic rings. The van der Waals surface area contributed by atoms with Crippen molar-refractivity contribution in [2.45, 2.75) is 32.2 Å². The molecule has 15 heavy (non-hydrogen) atoms. The van der Waals surface area contributed by atoms with Crippen LogP contribution in [0.15, 0.2) is 12.4 Å². The first-order valence-corrected chi connectivity index (χ1v) is 4.24. The molecular formula is C8H11F4IN2. The zero-order chi connectivity index (χ0) is 10.8. The van der Waals surface area contributed by atoms with Crippen LogP contribution in [0.3, 0.4) is 0 Å². The summed E-state index contributed by atoms with van der Waals surface area (Å²) in [6.07, 6.45) is -0.618. The van der Waals surface area contributed by atoms with E-state index in [2.05, 4.69) is 4.98 Å². The molecule has 1 aromatic rings. The Hall–Kier alpha value is -0.340. The van der Waals surface area contributed by atoms with Gasteiger partial charge in [-0.1, -0.05) is 6.92 Å². The Balaban J connectivity index is 0.00000196. The van der Waals surface area contributed by atoms with Crippen molar-refractivity contribution in [3.05, 3.63) is 18.2 Å². The van der Waals surface area contributed by atoms with Crippen molar-refractivity contribution >= 4 is 0 Å². The Labute approximate surface area is 102 Å². The normalized spacial score (nSPS) is 11.6. The van der Waals surface area contributed by atoms with Gasteiger partial charge < -0.3 is 24.0 Å². The van der Waals surface area contributed by atoms with Gasteiger partial charge in [0.1, 0.15) is 12.4 Å². The standard InChI is InChI=1S/C8H10F4N2.HI/c1-2-3-6-13-4-5-14(6)8(11,12)7(9)10;/h4-5,7H,2-3H2,1H3;1H. The molecule has 0 aromatic carbocycles. The third-order valence-corrected chi connectivity index (χ3v) is 1.83. The number of rotatable bonds is 4. The van der Waals surface area contributed by atoms with Gasteiger partial charge in [-0.05, 0) is 6.42 Å². The van der Waals surface area contributed by atoms with Gasteiger partial charge in [-0.2, -0.15) is 22.1 Å². The molecule has 1 N–H and O–H groups in total. The third-order valence-electron chi connectivity index (χ3n) is 1.83. The topological polar surface area (TPSA) is 19.7 Å². The monoisotopic (exact) mass is 338 g/mol. The van der Waals surface area contributed by atoms with Crippen molar-refractivity contribution in [1.82, 2.24) is 4.98 Å². The number of nitrogens with zero attached hydrogens (tertiary/aromatic N) is 1. The molecule has 0 aliphatic carbocycles. The summed E-state index contributed by atoms with van der Waals surface area (Å²) in [6, 6.07) is -4.13. The molecule has 0 saturated carbocycles. The SMILES string of the molecule is CCCc1[nH]cc[n+]1C(F)(F)C(F)F.[I-]. The molecular weight excluding hydrogens is 327 g/mol. The summed E-state index contributed by atoms with van der Waals surface area (Å²) < 4.78 is 50.1. The summed E-state index contributed by atoms with van der Waals surface area (Å²) in [5.41, 5.74) is 0. The van der Waals surface area contributed by atoms with Crippen LogP contribution >= 0.6 is 0 Å². The van der Waals surface area contributed by atoms with Gasteiger partial charge in [-0.25, -0.2) is 4.98 Å². The fraction of sp³-hybridized carbons (Fsp3) is 0.625. The maximum Gasteiger partial charge on any atom is 0.459 e. The van der Waals surface area contributed by atoms with E-state index >= 15 is 0 Å². The van der Waals surface area contributed by atoms with E-state index in [-0.39, 0.29) is 29.8 Å². The highest BCUT2D eigenvalue weighted by molar-refractivity contribution is 4.78. The third kappa shape index (κ3) is 3.05. The van der Waals surface area contributed by atoms with Gasteiger partial charge in [0, 0.05) is 6.42 Å². The molecule has 1 rings (SSSR count). The van der Waals surface area contributed by atoms with E-state index in [4.69, 9.17) is 0 Å². The van der Waals surface area contributed by atoms with Crippen molar-refractivity contribution in [2.75, 3.05) is 0 Å². The summed E-state index contributed by atoms with van der Waals surface area (Å²) >= 11 is 0. The molecule has 88 valence electrons. The smallest absolute Gasteiger partial charge is 0.459 e. The molecule has 0 saturated heterocycles. The van der Waals surface area contributed by atoms with Crippen LogP contribution in [0.5, 0.6) is 0 Å². The second kappa shape index (κ2) is 5.66. The Kier molecular flexibility index (Phi) is 5.54. The van der Waals surface area contributed by atoms with Crippen LogP contribution < -0.4 is 28.5 Å². The Morgan fingerprint density at radius 3 is 2.53 bits per heavy atom. The van der Waals surface area contributed by atoms with E-state index < -0.39 is 12.5 Å². The van der Waals surface area contributed by atoms with Crippen molar-refractivity contribution in [1.29, 1.82) is 0 Å². The van der Waals surface area contributed by atoms with Crippen molar-refractivity contribution in [2.24, 2.45) is 0 Å². The average molecular weight is 338 g/mol. The van der Waals surface area contributed by atoms with Crippen LogP contribution in [0.25, 0.3) is 0 Å². The van der Waals surface area contributed by atoms with Crippen LogP contribution in [0.1, 0.15) is 19.2 Å². The fourth-order valence-corrected chi connectivity index (χ4v) is 1.18. The van der Waals surface area contributed by atoms with E-state index in [0.29, 0.717) is 17.4 Å². The molecule has 0 aliphatic heterocycles. The summed E-state index contributed by atoms with van der Waals surface area (Å²) in [4.78, 5) is 2.52. The summed E-state index contributed by atoms with van der Waals surface area (Å²) in [6.45, 7) is 1.78. The van der Waals surface area contributed by atoms with Gasteiger partial charge in [0.25, 0.3) is 5.82 Å². The highest BCUT2D eigenvalue weighted by atomic mass is 127. The lowest BCUT2D eigenvalue weighted by atomic mass is 10.3. The van der Waals surface area contributed by atoms with Crippen LogP contribution in [0, 0.1) is 0 Å². The van der Waals surface area contributed by atoms with Gasteiger partial charge in [0.05, 0.1) is 0 Å². The first-order chi connectivity index (χ1) is 6.50. The molecule has 0 spiro atoms. The molecule has 0 amide bonds. The highest BCUT2D eigenvalue weighted by Crippen LogP contribution is 2.22. The number of hydrogen-bond acceptors (Lipinski definition) is 0. The van der Waals surface area contributed by atoms with Crippen molar-refractivity contribution < 1.29 is 46.1 Å². The summed E-state index contributed by atoms with van der Waals surface area (Å²) in [7, 11) is 0. The minimum atomic E-state index is -4.13. The maximum absolute atomic E-state index is 12.9. The second-order valence-corrected chi connectivity index (χ2v) is 2.92. The van der Waals surface area contributed by atoms with E-state index in [0.717, 1.165) is 6.20 Å². The molecule has 2 nitrogen and oxygen atoms in total. The van der Waals surface area contributed by atoms with Crippen LogP contribution in [0.2, 0.25) is 0 Å². The minimum Gasteiger partial charge on any atom is -1.00 e. The van der Waals surface area contributed by atoms with Crippen LogP contribution in [-0.4, -0.2) is 11.4 Å². The zero-order valence-electron chi connectivity index (χ0n) is 7.98. The van der Waals surface area contributed by atoms with Crippen molar-refractivity contribution in [3.8, 4) is 0 Å². The van der Waals surface area contributed by atoms with Crippen LogP contribution in [0.4, 0.5) is 17.6 Å². The Morgan fingerprint density at radius 2 is 2.07 bits per heavy atom. The lowest BCUT2D eigenvalue weighted by molar-refractivity contribution is -0.838. The van der Waals surface area contributed by atoms with Gasteiger partial charge in [0.2, 0.25) is 0 Å². The van der Waals surface area contributed by atoms with Crippen molar-refractivity contribution in [3.63, 3.8) is 0 Å². The molecule has 1 heterocycles. The second-order valence-electron chi connectivity index (χ2n) is 2.92. The quantitative estimate of drug-likeness (QED) is 0.416. The van der Waals surface area contributed by atoms with Crippen LogP contribution in [-0.2, 0) is 12.5 Å². The number of H-pyrrole nitrogens is 1. The lowest BCUT2D eigenvalue weighted by Crippen LogP contribution is -3.00. The Bertz CT molecular complexity index is 301. The van der Waals surface area contributed by atoms with E-state index in [1.54, 1.807) is 6.92 Å². The summed E-state index contributed by atoms with van der Waals surface area (Å²) in [5, 5.41) is 0. The van der Waals surface area contributed by atoms with E-state index in [9.17, 15) is 17.6 Å². The maximum atomic E-state index is 12.9.